The minimum absolute atomic E-state index is 0.652. The quantitative estimate of drug-likeness (QED) is 0.102. The van der Waals surface area contributed by atoms with Gasteiger partial charge in [-0.15, -0.1) is 0 Å². The van der Waals surface area contributed by atoms with Crippen molar-refractivity contribution in [2.45, 2.75) is 10.8 Å². The van der Waals surface area contributed by atoms with Crippen molar-refractivity contribution in [1.82, 2.24) is 9.13 Å². The van der Waals surface area contributed by atoms with Crippen LogP contribution in [0.1, 0.15) is 44.5 Å². The molecule has 14 aromatic carbocycles. The van der Waals surface area contributed by atoms with Gasteiger partial charge in [0.05, 0.1) is 32.9 Å². The second-order valence-electron chi connectivity index (χ2n) is 23.1. The Morgan fingerprint density at radius 2 is 0.420 bits per heavy atom. The summed E-state index contributed by atoms with van der Waals surface area (Å²) in [5, 5.41) is 4.81. The molecule has 414 valence electrons. The summed E-state index contributed by atoms with van der Waals surface area (Å²) in [5.41, 5.74) is 22.1. The molecule has 0 saturated heterocycles. The van der Waals surface area contributed by atoms with Gasteiger partial charge in [-0.25, -0.2) is 0 Å². The smallest absolute Gasteiger partial charge is 0.0702 e. The topological polar surface area (TPSA) is 9.86 Å². The third-order valence-electron chi connectivity index (χ3n) is 18.4. The highest BCUT2D eigenvalue weighted by Crippen LogP contribution is 2.50. The van der Waals surface area contributed by atoms with E-state index in [1.807, 2.05) is 0 Å². The Morgan fingerprint density at radius 3 is 0.727 bits per heavy atom. The molecule has 16 rings (SSSR count). The minimum atomic E-state index is -0.652. The molecule has 0 bridgehead atoms. The first-order chi connectivity index (χ1) is 43.6. The summed E-state index contributed by atoms with van der Waals surface area (Å²) in [6.07, 6.45) is 0. The van der Waals surface area contributed by atoms with Gasteiger partial charge in [-0.2, -0.15) is 0 Å². The zero-order chi connectivity index (χ0) is 58.4. The van der Waals surface area contributed by atoms with Crippen molar-refractivity contribution >= 4 is 43.6 Å². The molecule has 0 spiro atoms. The number of fused-ring (bicyclic) bond motifs is 6. The van der Waals surface area contributed by atoms with E-state index in [-0.39, 0.29) is 0 Å². The van der Waals surface area contributed by atoms with Gasteiger partial charge in [-0.05, 0) is 151 Å². The predicted molar refractivity (Wildman–Crippen MR) is 368 cm³/mol. The molecular weight excluding hydrogens is 1060 g/mol. The fraction of sp³-hybridized carbons (Fsp3) is 0.0233. The monoisotopic (exact) mass is 1120 g/mol. The van der Waals surface area contributed by atoms with Gasteiger partial charge in [0, 0.05) is 32.9 Å². The number of benzene rings is 14. The van der Waals surface area contributed by atoms with E-state index in [1.165, 1.54) is 66.1 Å². The number of para-hydroxylation sites is 2. The van der Waals surface area contributed by atoms with E-state index in [9.17, 15) is 0 Å². The Morgan fingerprint density at radius 1 is 0.159 bits per heavy atom. The highest BCUT2D eigenvalue weighted by molar-refractivity contribution is 6.13. The lowest BCUT2D eigenvalue weighted by Gasteiger charge is -2.37. The van der Waals surface area contributed by atoms with Crippen molar-refractivity contribution in [3.8, 4) is 44.8 Å². The Kier molecular flexibility index (Phi) is 13.0. The molecule has 0 N–H and O–H groups in total. The number of rotatable bonds is 13. The Balaban J connectivity index is 0.891. The number of hydrogen-bond acceptors (Lipinski definition) is 0. The highest BCUT2D eigenvalue weighted by atomic mass is 15.0. The zero-order valence-electron chi connectivity index (χ0n) is 48.5. The molecule has 0 saturated carbocycles. The first-order valence-electron chi connectivity index (χ1n) is 30.5. The summed E-state index contributed by atoms with van der Waals surface area (Å²) >= 11 is 0. The van der Waals surface area contributed by atoms with Crippen molar-refractivity contribution in [3.63, 3.8) is 0 Å². The average Bonchev–Trinajstić information content (AvgIpc) is 0.919. The van der Waals surface area contributed by atoms with Gasteiger partial charge in [0.2, 0.25) is 0 Å². The lowest BCUT2D eigenvalue weighted by Crippen LogP contribution is -2.31. The van der Waals surface area contributed by atoms with Crippen molar-refractivity contribution in [2.24, 2.45) is 0 Å². The van der Waals surface area contributed by atoms with Crippen molar-refractivity contribution in [1.29, 1.82) is 0 Å². The van der Waals surface area contributed by atoms with Crippen LogP contribution >= 0.6 is 0 Å². The molecule has 88 heavy (non-hydrogen) atoms. The van der Waals surface area contributed by atoms with Gasteiger partial charge in [0.15, 0.2) is 0 Å². The fourth-order valence-corrected chi connectivity index (χ4v) is 14.5. The predicted octanol–water partition coefficient (Wildman–Crippen LogP) is 21.6. The Bertz CT molecular complexity index is 4630. The van der Waals surface area contributed by atoms with Gasteiger partial charge in [0.1, 0.15) is 0 Å². The van der Waals surface area contributed by atoms with Crippen LogP contribution < -0.4 is 0 Å². The second-order valence-corrected chi connectivity index (χ2v) is 23.1. The van der Waals surface area contributed by atoms with Gasteiger partial charge in [0.25, 0.3) is 0 Å². The molecule has 2 nitrogen and oxygen atoms in total. The summed E-state index contributed by atoms with van der Waals surface area (Å²) in [7, 11) is 0. The van der Waals surface area contributed by atoms with Gasteiger partial charge in [-0.3, -0.25) is 0 Å². The summed E-state index contributed by atoms with van der Waals surface area (Å²) in [5.74, 6) is 0. The number of aromatic nitrogens is 2. The van der Waals surface area contributed by atoms with Crippen LogP contribution in [0.25, 0.3) is 88.4 Å². The average molecular weight is 1120 g/mol. The number of nitrogens with zero attached hydrogens (tertiary/aromatic N) is 2. The van der Waals surface area contributed by atoms with Gasteiger partial charge in [-0.1, -0.05) is 291 Å². The van der Waals surface area contributed by atoms with Crippen LogP contribution in [0, 0.1) is 0 Å². The maximum absolute atomic E-state index is 2.49. The number of hydrogen-bond donors (Lipinski definition) is 0. The second kappa shape index (κ2) is 21.9. The molecule has 2 aromatic heterocycles. The first kappa shape index (κ1) is 52.3. The van der Waals surface area contributed by atoms with E-state index in [2.05, 4.69) is 373 Å². The molecule has 0 atom stereocenters. The summed E-state index contributed by atoms with van der Waals surface area (Å²) in [4.78, 5) is 0. The Labute approximate surface area is 513 Å². The summed E-state index contributed by atoms with van der Waals surface area (Å²) in [6.45, 7) is 0. The molecule has 0 amide bonds. The van der Waals surface area contributed by atoms with Crippen LogP contribution in [0.5, 0.6) is 0 Å². The third kappa shape index (κ3) is 8.64. The van der Waals surface area contributed by atoms with Crippen molar-refractivity contribution in [3.05, 3.63) is 408 Å². The standard InChI is InChI=1S/C86H60N2/c1-9-29-61(30-10-1)65-53-73(85(67-33-13-3-14-34-67,68-35-15-4-16-36-68)69-37-17-5-18-38-69)59-75(55-65)87-81-47-27-25-45-77(81)79-57-63(49-51-83(79)87)64-50-52-84-80(58-64)78-46-26-28-48-82(78)88(84)76-56-66(62-31-11-2-12-32-62)54-74(60-76)86(70-39-19-6-20-40-70,71-41-21-7-22-42-71)72-43-23-8-24-44-72/h1-60H. The van der Waals surface area contributed by atoms with Crippen LogP contribution in [0.2, 0.25) is 0 Å². The van der Waals surface area contributed by atoms with Crippen LogP contribution in [0.3, 0.4) is 0 Å². The summed E-state index contributed by atoms with van der Waals surface area (Å²) in [6, 6.07) is 135. The van der Waals surface area contributed by atoms with E-state index in [0.29, 0.717) is 0 Å². The first-order valence-corrected chi connectivity index (χ1v) is 30.5. The zero-order valence-corrected chi connectivity index (χ0v) is 48.5. The molecule has 2 heteroatoms. The minimum Gasteiger partial charge on any atom is -0.309 e. The SMILES string of the molecule is c1ccc(-c2cc(-n3c4ccccc4c4cc(-c5ccc6c(c5)c5ccccc5n6-c5cc(-c6ccccc6)cc(C(c6ccccc6)(c6ccccc6)c6ccccc6)c5)ccc43)cc(C(c3ccccc3)(c3ccccc3)c3ccccc3)c2)cc1. The molecule has 0 radical (unpaired) electrons. The molecule has 2 heterocycles. The molecule has 16 aromatic rings. The van der Waals surface area contributed by atoms with E-state index < -0.39 is 10.8 Å². The fourth-order valence-electron chi connectivity index (χ4n) is 14.5. The van der Waals surface area contributed by atoms with E-state index in [1.54, 1.807) is 0 Å². The van der Waals surface area contributed by atoms with E-state index >= 15 is 0 Å². The normalized spacial score (nSPS) is 11.9. The highest BCUT2D eigenvalue weighted by Gasteiger charge is 2.41. The molecule has 0 aliphatic carbocycles. The molecule has 0 aliphatic rings. The van der Waals surface area contributed by atoms with Crippen LogP contribution in [-0.4, -0.2) is 9.13 Å². The van der Waals surface area contributed by atoms with Crippen molar-refractivity contribution < 1.29 is 0 Å². The molecule has 0 unspecified atom stereocenters. The van der Waals surface area contributed by atoms with Crippen LogP contribution in [-0.2, 0) is 10.8 Å². The maximum atomic E-state index is 2.49. The van der Waals surface area contributed by atoms with Gasteiger partial charge >= 0.3 is 0 Å². The largest absolute Gasteiger partial charge is 0.309 e. The molecular formula is C86H60N2. The van der Waals surface area contributed by atoms with Crippen LogP contribution in [0.4, 0.5) is 0 Å². The summed E-state index contributed by atoms with van der Waals surface area (Å²) < 4.78 is 4.99. The molecule has 0 aliphatic heterocycles. The lowest BCUT2D eigenvalue weighted by atomic mass is 9.64. The Hall–Kier alpha value is -11.3. The maximum Gasteiger partial charge on any atom is 0.0702 e. The van der Waals surface area contributed by atoms with Crippen LogP contribution in [0.15, 0.2) is 364 Å². The lowest BCUT2D eigenvalue weighted by molar-refractivity contribution is 0.744. The van der Waals surface area contributed by atoms with Gasteiger partial charge < -0.3 is 9.13 Å². The molecule has 0 fully saturated rings. The third-order valence-corrected chi connectivity index (χ3v) is 18.4. The van der Waals surface area contributed by atoms with E-state index in [0.717, 1.165) is 66.8 Å². The van der Waals surface area contributed by atoms with Crippen molar-refractivity contribution in [2.75, 3.05) is 0 Å². The van der Waals surface area contributed by atoms with E-state index in [4.69, 9.17) is 0 Å².